The number of rotatable bonds is 4. The summed E-state index contributed by atoms with van der Waals surface area (Å²) in [5, 5.41) is 4.81. The van der Waals surface area contributed by atoms with Gasteiger partial charge in [0.15, 0.2) is 0 Å². The molecule has 8 aromatic rings. The number of nitrogens with zero attached hydrogens (tertiary/aromatic N) is 1. The average molecular weight is 578 g/mol. The fraction of sp³-hybridized carbons (Fsp3) is 0.0698. The molecule has 0 bridgehead atoms. The minimum Gasteiger partial charge on any atom is -0.456 e. The first-order valence-corrected chi connectivity index (χ1v) is 15.6. The van der Waals surface area contributed by atoms with Crippen LogP contribution in [0.4, 0.5) is 17.1 Å². The van der Waals surface area contributed by atoms with E-state index in [0.717, 1.165) is 33.3 Å². The van der Waals surface area contributed by atoms with Gasteiger partial charge in [0.25, 0.3) is 0 Å². The molecule has 0 amide bonds. The van der Waals surface area contributed by atoms with Gasteiger partial charge in [-0.25, -0.2) is 0 Å². The van der Waals surface area contributed by atoms with Crippen LogP contribution in [-0.2, 0) is 5.41 Å². The quantitative estimate of drug-likeness (QED) is 0.207. The van der Waals surface area contributed by atoms with E-state index in [1.54, 1.807) is 0 Å². The van der Waals surface area contributed by atoms with Gasteiger partial charge in [0.2, 0.25) is 0 Å². The van der Waals surface area contributed by atoms with Gasteiger partial charge in [0.1, 0.15) is 11.2 Å². The highest BCUT2D eigenvalue weighted by atomic mass is 16.3. The summed E-state index contributed by atoms with van der Waals surface area (Å²) in [4.78, 5) is 2.43. The summed E-state index contributed by atoms with van der Waals surface area (Å²) in [6, 6.07) is 54.6. The summed E-state index contributed by atoms with van der Waals surface area (Å²) >= 11 is 0. The number of furan rings is 1. The van der Waals surface area contributed by atoms with E-state index in [9.17, 15) is 0 Å². The van der Waals surface area contributed by atoms with Crippen molar-refractivity contribution < 1.29 is 4.42 Å². The minimum absolute atomic E-state index is 0.151. The molecule has 2 nitrogen and oxygen atoms in total. The van der Waals surface area contributed by atoms with Gasteiger partial charge in [-0.05, 0) is 75.0 Å². The lowest BCUT2D eigenvalue weighted by Crippen LogP contribution is -2.17. The summed E-state index contributed by atoms with van der Waals surface area (Å²) in [5.41, 5.74) is 12.7. The van der Waals surface area contributed by atoms with Crippen molar-refractivity contribution in [1.82, 2.24) is 0 Å². The van der Waals surface area contributed by atoms with Gasteiger partial charge >= 0.3 is 0 Å². The minimum atomic E-state index is -0.151. The second kappa shape index (κ2) is 9.70. The lowest BCUT2D eigenvalue weighted by Gasteiger charge is -2.30. The van der Waals surface area contributed by atoms with Crippen molar-refractivity contribution >= 4 is 49.8 Å². The average Bonchev–Trinajstić information content (AvgIpc) is 3.57. The van der Waals surface area contributed by atoms with E-state index in [4.69, 9.17) is 4.42 Å². The van der Waals surface area contributed by atoms with Gasteiger partial charge in [0, 0.05) is 39.2 Å². The zero-order chi connectivity index (χ0) is 30.1. The summed E-state index contributed by atoms with van der Waals surface area (Å²) < 4.78 is 6.43. The van der Waals surface area contributed by atoms with Crippen molar-refractivity contribution in [2.45, 2.75) is 19.3 Å². The maximum atomic E-state index is 6.43. The van der Waals surface area contributed by atoms with E-state index in [0.29, 0.717) is 0 Å². The van der Waals surface area contributed by atoms with E-state index in [2.05, 4.69) is 158 Å². The van der Waals surface area contributed by atoms with Gasteiger partial charge in [0.05, 0.1) is 5.69 Å². The molecule has 1 aliphatic carbocycles. The third-order valence-electron chi connectivity index (χ3n) is 9.60. The molecule has 0 radical (unpaired) electrons. The molecule has 0 spiro atoms. The van der Waals surface area contributed by atoms with Gasteiger partial charge in [-0.1, -0.05) is 123 Å². The molecule has 2 heteroatoms. The Hall–Kier alpha value is -5.60. The van der Waals surface area contributed by atoms with Crippen molar-refractivity contribution in [3.63, 3.8) is 0 Å². The van der Waals surface area contributed by atoms with Crippen LogP contribution in [0.2, 0.25) is 0 Å². The van der Waals surface area contributed by atoms with E-state index >= 15 is 0 Å². The molecule has 1 aliphatic rings. The number of hydrogen-bond acceptors (Lipinski definition) is 2. The van der Waals surface area contributed by atoms with Crippen LogP contribution in [0.25, 0.3) is 55.0 Å². The molecule has 1 aromatic heterocycles. The summed E-state index contributed by atoms with van der Waals surface area (Å²) in [5.74, 6) is 0. The lowest BCUT2D eigenvalue weighted by molar-refractivity contribution is 0.666. The zero-order valence-electron chi connectivity index (χ0n) is 25.3. The molecule has 9 rings (SSSR count). The number of para-hydroxylation sites is 1. The Morgan fingerprint density at radius 3 is 2.09 bits per heavy atom. The highest BCUT2D eigenvalue weighted by molar-refractivity contribution is 6.08. The van der Waals surface area contributed by atoms with E-state index < -0.39 is 0 Å². The third-order valence-corrected chi connectivity index (χ3v) is 9.60. The molecular weight excluding hydrogens is 546 g/mol. The summed E-state index contributed by atoms with van der Waals surface area (Å²) in [6.07, 6.45) is 0. The second-order valence-corrected chi connectivity index (χ2v) is 12.6. The number of anilines is 3. The van der Waals surface area contributed by atoms with Crippen LogP contribution in [0.1, 0.15) is 25.0 Å². The normalized spacial score (nSPS) is 13.3. The van der Waals surface area contributed by atoms with E-state index in [1.807, 2.05) is 12.1 Å². The van der Waals surface area contributed by atoms with Crippen molar-refractivity contribution in [1.29, 1.82) is 0 Å². The number of benzene rings is 7. The fourth-order valence-electron chi connectivity index (χ4n) is 7.55. The molecule has 45 heavy (non-hydrogen) atoms. The standard InChI is InChI=1S/C43H31NO/c1-43(2)37-21-10-8-20-36(37)41-38(26-30-15-6-7-18-33(30)42(41)43)44(31-17-12-16-29(25-31)28-13-4-3-5-14-28)32-23-24-35-34-19-9-11-22-39(34)45-40(35)27-32/h3-27H,1-2H3. The Bertz CT molecular complexity index is 2410. The first-order valence-electron chi connectivity index (χ1n) is 15.6. The number of fused-ring (bicyclic) bond motifs is 8. The monoisotopic (exact) mass is 577 g/mol. The summed E-state index contributed by atoms with van der Waals surface area (Å²) in [7, 11) is 0. The van der Waals surface area contributed by atoms with Crippen molar-refractivity contribution in [3.8, 4) is 22.3 Å². The molecule has 7 aromatic carbocycles. The Balaban J connectivity index is 1.37. The van der Waals surface area contributed by atoms with Crippen molar-refractivity contribution in [3.05, 3.63) is 163 Å². The van der Waals surface area contributed by atoms with Crippen LogP contribution in [0.3, 0.4) is 0 Å². The molecule has 0 atom stereocenters. The smallest absolute Gasteiger partial charge is 0.137 e. The maximum Gasteiger partial charge on any atom is 0.137 e. The van der Waals surface area contributed by atoms with Crippen LogP contribution >= 0.6 is 0 Å². The second-order valence-electron chi connectivity index (χ2n) is 12.6. The Kier molecular flexibility index (Phi) is 5.58. The first-order chi connectivity index (χ1) is 22.1. The van der Waals surface area contributed by atoms with Gasteiger partial charge in [-0.3, -0.25) is 0 Å². The predicted molar refractivity (Wildman–Crippen MR) is 189 cm³/mol. The lowest BCUT2D eigenvalue weighted by atomic mass is 9.80. The van der Waals surface area contributed by atoms with Gasteiger partial charge < -0.3 is 9.32 Å². The molecule has 0 aliphatic heterocycles. The van der Waals surface area contributed by atoms with E-state index in [-0.39, 0.29) is 5.41 Å². The zero-order valence-corrected chi connectivity index (χ0v) is 25.3. The molecule has 0 unspecified atom stereocenters. The van der Waals surface area contributed by atoms with Gasteiger partial charge in [-0.15, -0.1) is 0 Å². The largest absolute Gasteiger partial charge is 0.456 e. The van der Waals surface area contributed by atoms with Gasteiger partial charge in [-0.2, -0.15) is 0 Å². The highest BCUT2D eigenvalue weighted by Crippen LogP contribution is 2.57. The molecule has 0 fully saturated rings. The maximum absolute atomic E-state index is 6.43. The molecular formula is C43H31NO. The van der Waals surface area contributed by atoms with Crippen LogP contribution < -0.4 is 4.90 Å². The summed E-state index contributed by atoms with van der Waals surface area (Å²) in [6.45, 7) is 4.74. The third kappa shape index (κ3) is 3.89. The van der Waals surface area contributed by atoms with Crippen molar-refractivity contribution in [2.75, 3.05) is 4.90 Å². The van der Waals surface area contributed by atoms with Crippen LogP contribution in [0, 0.1) is 0 Å². The van der Waals surface area contributed by atoms with Crippen LogP contribution in [0.15, 0.2) is 156 Å². The van der Waals surface area contributed by atoms with Crippen LogP contribution in [-0.4, -0.2) is 0 Å². The Morgan fingerprint density at radius 1 is 0.511 bits per heavy atom. The molecule has 0 saturated carbocycles. The highest BCUT2D eigenvalue weighted by Gasteiger charge is 2.39. The molecule has 214 valence electrons. The van der Waals surface area contributed by atoms with Crippen LogP contribution in [0.5, 0.6) is 0 Å². The Labute approximate surface area is 262 Å². The molecule has 0 N–H and O–H groups in total. The SMILES string of the molecule is CC1(C)c2ccccc2-c2c(N(c3cccc(-c4ccccc4)c3)c3ccc4c(c3)oc3ccccc34)cc3ccccc3c21. The van der Waals surface area contributed by atoms with E-state index in [1.165, 1.54) is 49.8 Å². The number of hydrogen-bond donors (Lipinski definition) is 0. The Morgan fingerprint density at radius 2 is 1.20 bits per heavy atom. The molecule has 0 saturated heterocycles. The predicted octanol–water partition coefficient (Wildman–Crippen LogP) is 12.2. The first kappa shape index (κ1) is 25.9. The molecule has 1 heterocycles. The topological polar surface area (TPSA) is 16.4 Å². The fourth-order valence-corrected chi connectivity index (χ4v) is 7.55. The van der Waals surface area contributed by atoms with Crippen molar-refractivity contribution in [2.24, 2.45) is 0 Å².